The fourth-order valence-electron chi connectivity index (χ4n) is 3.06. The summed E-state index contributed by atoms with van der Waals surface area (Å²) in [4.78, 5) is 32.7. The Hall–Kier alpha value is -3.33. The number of nitrogens with one attached hydrogen (secondary N) is 1. The zero-order valence-corrected chi connectivity index (χ0v) is 16.8. The zero-order chi connectivity index (χ0) is 21.4. The standard InChI is InChI=1S/C21H18FN3O4S/c1-10-19(30-18(24-10)9-23-20(27)11-5-6-11)16-4-2-3-15(25-16)12-8-17(26)13(21(28)29)7-14(12)22/h2-4,7-8,11,26H,5-6,9H2,1H3,(H,23,27)(H,28,29). The number of aromatic hydroxyl groups is 1. The van der Waals surface area contributed by atoms with E-state index in [9.17, 15) is 19.1 Å². The molecule has 0 spiro atoms. The molecule has 2 aromatic heterocycles. The molecule has 0 bridgehead atoms. The Morgan fingerprint density at radius 2 is 1.97 bits per heavy atom. The predicted octanol–water partition coefficient (Wildman–Crippen LogP) is 3.75. The number of hydrogen-bond acceptors (Lipinski definition) is 6. The minimum absolute atomic E-state index is 0.00145. The van der Waals surface area contributed by atoms with Gasteiger partial charge in [0.15, 0.2) is 0 Å². The van der Waals surface area contributed by atoms with Crippen LogP contribution in [0, 0.1) is 18.7 Å². The zero-order valence-electron chi connectivity index (χ0n) is 16.0. The Bertz CT molecular complexity index is 1160. The van der Waals surface area contributed by atoms with E-state index < -0.39 is 23.1 Å². The topological polar surface area (TPSA) is 112 Å². The largest absolute Gasteiger partial charge is 0.507 e. The number of aromatic carboxylic acids is 1. The first-order chi connectivity index (χ1) is 14.3. The van der Waals surface area contributed by atoms with Gasteiger partial charge in [-0.15, -0.1) is 11.3 Å². The number of hydrogen-bond donors (Lipinski definition) is 3. The van der Waals surface area contributed by atoms with E-state index >= 15 is 0 Å². The summed E-state index contributed by atoms with van der Waals surface area (Å²) in [6, 6.07) is 6.88. The Labute approximate surface area is 175 Å². The molecule has 0 radical (unpaired) electrons. The minimum atomic E-state index is -1.42. The molecule has 1 saturated carbocycles. The van der Waals surface area contributed by atoms with Gasteiger partial charge >= 0.3 is 5.97 Å². The first kappa shape index (κ1) is 20.0. The highest BCUT2D eigenvalue weighted by molar-refractivity contribution is 7.15. The van der Waals surface area contributed by atoms with E-state index in [2.05, 4.69) is 15.3 Å². The molecule has 0 aliphatic heterocycles. The average Bonchev–Trinajstić information content (AvgIpc) is 3.50. The minimum Gasteiger partial charge on any atom is -0.507 e. The van der Waals surface area contributed by atoms with Gasteiger partial charge in [0.2, 0.25) is 5.91 Å². The lowest BCUT2D eigenvalue weighted by molar-refractivity contribution is -0.122. The van der Waals surface area contributed by atoms with Crippen molar-refractivity contribution in [1.29, 1.82) is 0 Å². The lowest BCUT2D eigenvalue weighted by Crippen LogP contribution is -2.23. The van der Waals surface area contributed by atoms with Crippen LogP contribution in [0.3, 0.4) is 0 Å². The van der Waals surface area contributed by atoms with Crippen LogP contribution < -0.4 is 5.32 Å². The number of amides is 1. The molecule has 0 saturated heterocycles. The van der Waals surface area contributed by atoms with Crippen molar-refractivity contribution in [1.82, 2.24) is 15.3 Å². The van der Waals surface area contributed by atoms with Gasteiger partial charge in [-0.2, -0.15) is 0 Å². The summed E-state index contributed by atoms with van der Waals surface area (Å²) in [6.45, 7) is 2.18. The molecule has 1 aliphatic rings. The second kappa shape index (κ2) is 7.83. The fourth-order valence-corrected chi connectivity index (χ4v) is 4.03. The van der Waals surface area contributed by atoms with Crippen LogP contribution in [0.5, 0.6) is 5.75 Å². The van der Waals surface area contributed by atoms with Crippen molar-refractivity contribution in [2.75, 3.05) is 0 Å². The van der Waals surface area contributed by atoms with Crippen molar-refractivity contribution in [3.63, 3.8) is 0 Å². The Kier molecular flexibility index (Phi) is 5.21. The van der Waals surface area contributed by atoms with Gasteiger partial charge in [0.05, 0.1) is 28.5 Å². The van der Waals surface area contributed by atoms with Crippen molar-refractivity contribution in [2.45, 2.75) is 26.3 Å². The van der Waals surface area contributed by atoms with Crippen molar-refractivity contribution in [2.24, 2.45) is 5.92 Å². The van der Waals surface area contributed by atoms with E-state index in [0.29, 0.717) is 12.2 Å². The molecule has 2 heterocycles. The Morgan fingerprint density at radius 3 is 2.67 bits per heavy atom. The molecule has 3 aromatic rings. The maximum atomic E-state index is 14.5. The highest BCUT2D eigenvalue weighted by Crippen LogP contribution is 2.33. The Balaban J connectivity index is 1.62. The van der Waals surface area contributed by atoms with E-state index in [1.807, 2.05) is 6.92 Å². The highest BCUT2D eigenvalue weighted by atomic mass is 32.1. The first-order valence-electron chi connectivity index (χ1n) is 9.31. The molecule has 7 nitrogen and oxygen atoms in total. The van der Waals surface area contributed by atoms with Crippen molar-refractivity contribution in [3.05, 3.63) is 52.4 Å². The molecule has 0 unspecified atom stereocenters. The van der Waals surface area contributed by atoms with Gasteiger partial charge in [0.25, 0.3) is 0 Å². The smallest absolute Gasteiger partial charge is 0.339 e. The van der Waals surface area contributed by atoms with E-state index in [1.54, 1.807) is 18.2 Å². The van der Waals surface area contributed by atoms with E-state index in [0.717, 1.165) is 40.6 Å². The van der Waals surface area contributed by atoms with Crippen LogP contribution in [0.2, 0.25) is 0 Å². The summed E-state index contributed by atoms with van der Waals surface area (Å²) < 4.78 is 14.5. The van der Waals surface area contributed by atoms with Crippen molar-refractivity contribution < 1.29 is 24.2 Å². The SMILES string of the molecule is Cc1nc(CNC(=O)C2CC2)sc1-c1cccc(-c2cc(O)c(C(=O)O)cc2F)n1. The van der Waals surface area contributed by atoms with Gasteiger partial charge in [-0.3, -0.25) is 4.79 Å². The fraction of sp³-hybridized carbons (Fsp3) is 0.238. The average molecular weight is 427 g/mol. The van der Waals surface area contributed by atoms with Crippen LogP contribution in [-0.2, 0) is 11.3 Å². The van der Waals surface area contributed by atoms with Gasteiger partial charge in [-0.1, -0.05) is 6.07 Å². The molecule has 3 N–H and O–H groups in total. The molecule has 1 aromatic carbocycles. The summed E-state index contributed by atoms with van der Waals surface area (Å²) in [6.07, 6.45) is 1.87. The number of halogens is 1. The number of rotatable bonds is 6. The lowest BCUT2D eigenvalue weighted by Gasteiger charge is -2.08. The summed E-state index contributed by atoms with van der Waals surface area (Å²) >= 11 is 1.40. The number of nitrogens with zero attached hydrogens (tertiary/aromatic N) is 2. The van der Waals surface area contributed by atoms with E-state index in [-0.39, 0.29) is 23.1 Å². The maximum Gasteiger partial charge on any atom is 0.339 e. The molecule has 1 aliphatic carbocycles. The van der Waals surface area contributed by atoms with E-state index in [4.69, 9.17) is 5.11 Å². The third-order valence-electron chi connectivity index (χ3n) is 4.78. The van der Waals surface area contributed by atoms with Crippen molar-refractivity contribution in [3.8, 4) is 27.6 Å². The summed E-state index contributed by atoms with van der Waals surface area (Å²) in [5, 5.41) is 22.6. The highest BCUT2D eigenvalue weighted by Gasteiger charge is 2.29. The maximum absolute atomic E-state index is 14.5. The van der Waals surface area contributed by atoms with Crippen LogP contribution in [-0.4, -0.2) is 32.1 Å². The summed E-state index contributed by atoms with van der Waals surface area (Å²) in [5.41, 5.74) is 1.06. The lowest BCUT2D eigenvalue weighted by atomic mass is 10.1. The molecule has 4 rings (SSSR count). The number of pyridine rings is 1. The monoisotopic (exact) mass is 427 g/mol. The number of benzene rings is 1. The van der Waals surface area contributed by atoms with Gasteiger partial charge in [-0.25, -0.2) is 19.2 Å². The number of carboxylic acids is 1. The van der Waals surface area contributed by atoms with Crippen LogP contribution in [0.1, 0.15) is 33.9 Å². The third kappa shape index (κ3) is 4.02. The summed E-state index contributed by atoms with van der Waals surface area (Å²) in [7, 11) is 0. The number of thiazole rings is 1. The molecule has 9 heteroatoms. The molecule has 154 valence electrons. The first-order valence-corrected chi connectivity index (χ1v) is 10.1. The molecule has 30 heavy (non-hydrogen) atoms. The number of phenols is 1. The van der Waals surface area contributed by atoms with Crippen LogP contribution in [0.15, 0.2) is 30.3 Å². The van der Waals surface area contributed by atoms with Gasteiger partial charge < -0.3 is 15.5 Å². The molecule has 0 atom stereocenters. The number of aryl methyl sites for hydroxylation is 1. The second-order valence-electron chi connectivity index (χ2n) is 7.08. The quantitative estimate of drug-likeness (QED) is 0.552. The normalized spacial score (nSPS) is 13.3. The molecule has 1 amide bonds. The summed E-state index contributed by atoms with van der Waals surface area (Å²) in [5.74, 6) is -2.57. The third-order valence-corrected chi connectivity index (χ3v) is 5.96. The van der Waals surface area contributed by atoms with Gasteiger partial charge in [0.1, 0.15) is 22.1 Å². The molecule has 1 fully saturated rings. The van der Waals surface area contributed by atoms with Crippen molar-refractivity contribution >= 4 is 23.2 Å². The number of carbonyl (C=O) groups is 2. The molecular weight excluding hydrogens is 409 g/mol. The second-order valence-corrected chi connectivity index (χ2v) is 8.16. The van der Waals surface area contributed by atoms with Crippen LogP contribution in [0.25, 0.3) is 21.8 Å². The van der Waals surface area contributed by atoms with E-state index in [1.165, 1.54) is 11.3 Å². The number of carbonyl (C=O) groups excluding carboxylic acids is 1. The van der Waals surface area contributed by atoms with Crippen LogP contribution >= 0.6 is 11.3 Å². The Morgan fingerprint density at radius 1 is 1.23 bits per heavy atom. The number of aromatic nitrogens is 2. The van der Waals surface area contributed by atoms with Crippen LogP contribution in [0.4, 0.5) is 4.39 Å². The molecular formula is C21H18FN3O4S. The predicted molar refractivity (Wildman–Crippen MR) is 109 cm³/mol. The van der Waals surface area contributed by atoms with Gasteiger partial charge in [-0.05, 0) is 44.0 Å². The van der Waals surface area contributed by atoms with Gasteiger partial charge in [0, 0.05) is 11.5 Å². The number of carboxylic acid groups (broad SMARTS) is 1.